The molecule has 0 saturated heterocycles. The van der Waals surface area contributed by atoms with E-state index in [0.717, 1.165) is 15.0 Å². The van der Waals surface area contributed by atoms with Crippen molar-refractivity contribution in [3.8, 4) is 0 Å². The van der Waals surface area contributed by atoms with Gasteiger partial charge >= 0.3 is 0 Å². The lowest BCUT2D eigenvalue weighted by molar-refractivity contribution is 0.0992. The van der Waals surface area contributed by atoms with Crippen molar-refractivity contribution in [2.45, 2.75) is 0 Å². The van der Waals surface area contributed by atoms with Crippen molar-refractivity contribution in [1.82, 2.24) is 0 Å². The van der Waals surface area contributed by atoms with Gasteiger partial charge in [0.05, 0.1) is 5.56 Å². The Morgan fingerprint density at radius 2 is 1.67 bits per heavy atom. The molecule has 7 heteroatoms. The molecule has 21 heavy (non-hydrogen) atoms. The van der Waals surface area contributed by atoms with E-state index in [1.54, 1.807) is 18.2 Å². The van der Waals surface area contributed by atoms with Gasteiger partial charge in [0.15, 0.2) is 0 Å². The van der Waals surface area contributed by atoms with Crippen LogP contribution in [0.4, 0.5) is 10.1 Å². The van der Waals surface area contributed by atoms with E-state index in [1.807, 2.05) is 0 Å². The third-order valence-electron chi connectivity index (χ3n) is 2.61. The standard InChI is InChI=1S/C14H9Br2FN2O2/c15-8-3-7(4-9(16)5-8)14(21)19-10-1-2-12(17)11(6-10)13(18)20/h1-6H,(H2,18,20)(H,19,21). The van der Waals surface area contributed by atoms with E-state index in [9.17, 15) is 14.0 Å². The number of anilines is 1. The smallest absolute Gasteiger partial charge is 0.255 e. The fourth-order valence-electron chi connectivity index (χ4n) is 1.68. The predicted octanol–water partition coefficient (Wildman–Crippen LogP) is 3.70. The highest BCUT2D eigenvalue weighted by molar-refractivity contribution is 9.11. The predicted molar refractivity (Wildman–Crippen MR) is 84.7 cm³/mol. The molecule has 2 aromatic carbocycles. The zero-order chi connectivity index (χ0) is 15.6. The number of nitrogens with two attached hydrogens (primary N) is 1. The molecule has 0 bridgehead atoms. The highest BCUT2D eigenvalue weighted by Crippen LogP contribution is 2.21. The SMILES string of the molecule is NC(=O)c1cc(NC(=O)c2cc(Br)cc(Br)c2)ccc1F. The maximum atomic E-state index is 13.4. The lowest BCUT2D eigenvalue weighted by atomic mass is 10.1. The molecule has 0 radical (unpaired) electrons. The number of carbonyl (C=O) groups excluding carboxylic acids is 2. The summed E-state index contributed by atoms with van der Waals surface area (Å²) in [5.74, 6) is -2.02. The summed E-state index contributed by atoms with van der Waals surface area (Å²) in [4.78, 5) is 23.2. The minimum Gasteiger partial charge on any atom is -0.366 e. The molecule has 3 N–H and O–H groups in total. The van der Waals surface area contributed by atoms with Crippen LogP contribution in [0.2, 0.25) is 0 Å². The first-order valence-corrected chi connectivity index (χ1v) is 7.32. The van der Waals surface area contributed by atoms with Crippen LogP contribution in [0.5, 0.6) is 0 Å². The molecule has 0 heterocycles. The highest BCUT2D eigenvalue weighted by atomic mass is 79.9. The number of primary amides is 1. The minimum absolute atomic E-state index is 0.275. The summed E-state index contributed by atoms with van der Waals surface area (Å²) in [5.41, 5.74) is 5.47. The maximum absolute atomic E-state index is 13.4. The summed E-state index contributed by atoms with van der Waals surface area (Å²) in [6.45, 7) is 0. The van der Waals surface area contributed by atoms with Gasteiger partial charge in [-0.3, -0.25) is 9.59 Å². The summed E-state index contributed by atoms with van der Waals surface area (Å²) >= 11 is 6.57. The summed E-state index contributed by atoms with van der Waals surface area (Å²) in [7, 11) is 0. The van der Waals surface area contributed by atoms with E-state index < -0.39 is 11.7 Å². The summed E-state index contributed by atoms with van der Waals surface area (Å²) in [5, 5.41) is 2.58. The number of halogens is 3. The number of hydrogen-bond donors (Lipinski definition) is 2. The molecule has 108 valence electrons. The van der Waals surface area contributed by atoms with Gasteiger partial charge in [0.25, 0.3) is 11.8 Å². The summed E-state index contributed by atoms with van der Waals surface area (Å²) < 4.78 is 14.8. The Labute approximate surface area is 136 Å². The molecule has 2 aromatic rings. The Bertz CT molecular complexity index is 715. The van der Waals surface area contributed by atoms with Gasteiger partial charge in [-0.2, -0.15) is 0 Å². The molecule has 0 aliphatic carbocycles. The molecule has 0 fully saturated rings. The topological polar surface area (TPSA) is 72.2 Å². The van der Waals surface area contributed by atoms with Gasteiger partial charge in [-0.1, -0.05) is 31.9 Å². The number of amides is 2. The van der Waals surface area contributed by atoms with Crippen molar-refractivity contribution in [3.63, 3.8) is 0 Å². The lowest BCUT2D eigenvalue weighted by Gasteiger charge is -2.08. The van der Waals surface area contributed by atoms with Gasteiger partial charge in [-0.15, -0.1) is 0 Å². The molecule has 2 rings (SSSR count). The van der Waals surface area contributed by atoms with E-state index in [2.05, 4.69) is 37.2 Å². The van der Waals surface area contributed by atoms with Crippen molar-refractivity contribution in [2.75, 3.05) is 5.32 Å². The Kier molecular flexibility index (Phi) is 4.74. The van der Waals surface area contributed by atoms with E-state index in [-0.39, 0.29) is 17.2 Å². The van der Waals surface area contributed by atoms with Crippen LogP contribution in [-0.2, 0) is 0 Å². The number of rotatable bonds is 3. The van der Waals surface area contributed by atoms with Crippen molar-refractivity contribution in [2.24, 2.45) is 5.73 Å². The van der Waals surface area contributed by atoms with Crippen LogP contribution in [0.15, 0.2) is 45.3 Å². The zero-order valence-corrected chi connectivity index (χ0v) is 13.7. The van der Waals surface area contributed by atoms with Crippen molar-refractivity contribution in [3.05, 3.63) is 62.3 Å². The van der Waals surface area contributed by atoms with Gasteiger partial charge < -0.3 is 11.1 Å². The second-order valence-electron chi connectivity index (χ2n) is 4.17. The molecule has 4 nitrogen and oxygen atoms in total. The Morgan fingerprint density at radius 1 is 1.05 bits per heavy atom. The first-order chi connectivity index (χ1) is 9.86. The minimum atomic E-state index is -0.895. The lowest BCUT2D eigenvalue weighted by Crippen LogP contribution is -2.16. The molecule has 0 aliphatic rings. The molecule has 0 aromatic heterocycles. The molecular weight excluding hydrogens is 407 g/mol. The van der Waals surface area contributed by atoms with Gasteiger partial charge in [-0.25, -0.2) is 4.39 Å². The van der Waals surface area contributed by atoms with Crippen molar-refractivity contribution < 1.29 is 14.0 Å². The molecule has 0 saturated carbocycles. The Hall–Kier alpha value is -1.73. The van der Waals surface area contributed by atoms with Gasteiger partial charge in [0.1, 0.15) is 5.82 Å². The van der Waals surface area contributed by atoms with E-state index in [0.29, 0.717) is 5.56 Å². The van der Waals surface area contributed by atoms with E-state index in [1.165, 1.54) is 12.1 Å². The Balaban J connectivity index is 2.27. The first kappa shape index (κ1) is 15.7. The van der Waals surface area contributed by atoms with Crippen LogP contribution >= 0.6 is 31.9 Å². The third-order valence-corrected chi connectivity index (χ3v) is 3.53. The zero-order valence-electron chi connectivity index (χ0n) is 10.5. The fraction of sp³-hybridized carbons (Fsp3) is 0. The van der Waals surface area contributed by atoms with Gasteiger partial charge in [0, 0.05) is 20.2 Å². The molecule has 0 unspecified atom stereocenters. The van der Waals surface area contributed by atoms with Crippen LogP contribution in [0, 0.1) is 5.82 Å². The largest absolute Gasteiger partial charge is 0.366 e. The van der Waals surface area contributed by atoms with E-state index >= 15 is 0 Å². The van der Waals surface area contributed by atoms with Crippen molar-refractivity contribution >= 4 is 49.4 Å². The van der Waals surface area contributed by atoms with Crippen LogP contribution < -0.4 is 11.1 Å². The van der Waals surface area contributed by atoms with Crippen LogP contribution in [0.1, 0.15) is 20.7 Å². The van der Waals surface area contributed by atoms with Gasteiger partial charge in [-0.05, 0) is 36.4 Å². The maximum Gasteiger partial charge on any atom is 0.255 e. The van der Waals surface area contributed by atoms with Crippen molar-refractivity contribution in [1.29, 1.82) is 0 Å². The Morgan fingerprint density at radius 3 is 2.24 bits per heavy atom. The number of benzene rings is 2. The molecule has 0 aliphatic heterocycles. The second kappa shape index (κ2) is 6.36. The number of hydrogen-bond acceptors (Lipinski definition) is 2. The average Bonchev–Trinajstić information content (AvgIpc) is 2.39. The highest BCUT2D eigenvalue weighted by Gasteiger charge is 2.12. The molecule has 2 amide bonds. The fourth-order valence-corrected chi connectivity index (χ4v) is 2.97. The second-order valence-corrected chi connectivity index (χ2v) is 6.00. The first-order valence-electron chi connectivity index (χ1n) is 5.73. The number of carbonyl (C=O) groups is 2. The van der Waals surface area contributed by atoms with E-state index in [4.69, 9.17) is 5.73 Å². The average molecular weight is 416 g/mol. The van der Waals surface area contributed by atoms with Crippen LogP contribution in [0.3, 0.4) is 0 Å². The van der Waals surface area contributed by atoms with Crippen LogP contribution in [0.25, 0.3) is 0 Å². The quantitative estimate of drug-likeness (QED) is 0.802. The molecular formula is C14H9Br2FN2O2. The number of nitrogens with one attached hydrogen (secondary N) is 1. The molecule has 0 spiro atoms. The molecule has 0 atom stereocenters. The monoisotopic (exact) mass is 414 g/mol. The van der Waals surface area contributed by atoms with Gasteiger partial charge in [0.2, 0.25) is 0 Å². The summed E-state index contributed by atoms with van der Waals surface area (Å²) in [6.07, 6.45) is 0. The summed E-state index contributed by atoms with van der Waals surface area (Å²) in [6, 6.07) is 8.69. The third kappa shape index (κ3) is 3.89. The normalized spacial score (nSPS) is 10.2. The van der Waals surface area contributed by atoms with Crippen LogP contribution in [-0.4, -0.2) is 11.8 Å².